The first kappa shape index (κ1) is 22.1. The van der Waals surface area contributed by atoms with Gasteiger partial charge in [-0.15, -0.1) is 0 Å². The summed E-state index contributed by atoms with van der Waals surface area (Å²) in [4.78, 5) is 6.91. The normalized spacial score (nSPS) is 18.0. The van der Waals surface area contributed by atoms with Crippen LogP contribution in [0.4, 0.5) is 13.2 Å². The zero-order valence-electron chi connectivity index (χ0n) is 17.4. The van der Waals surface area contributed by atoms with E-state index in [2.05, 4.69) is 25.6 Å². The molecular formula is C21H29F3N6. The quantitative estimate of drug-likeness (QED) is 0.532. The first-order chi connectivity index (χ1) is 14.3. The number of hydrogen-bond acceptors (Lipinski definition) is 3. The van der Waals surface area contributed by atoms with E-state index in [9.17, 15) is 13.2 Å². The van der Waals surface area contributed by atoms with Gasteiger partial charge in [0.2, 0.25) is 0 Å². The standard InChI is InChI=1S/C21H29F3N6/c1-3-25-20(26-10-8-17-12-27-29(2)13-17)28-19-9-11-30(15-19)14-16-4-6-18(7-5-16)21(22,23)24/h4-7,12-13,19H,3,8-11,14-15H2,1-2H3,(H2,25,26,28). The molecule has 2 N–H and O–H groups in total. The number of rotatable bonds is 7. The average molecular weight is 422 g/mol. The molecule has 1 atom stereocenters. The Labute approximate surface area is 175 Å². The minimum Gasteiger partial charge on any atom is -0.357 e. The third-order valence-corrected chi connectivity index (χ3v) is 5.07. The van der Waals surface area contributed by atoms with Crippen LogP contribution < -0.4 is 10.6 Å². The number of aromatic nitrogens is 2. The number of alkyl halides is 3. The maximum absolute atomic E-state index is 12.7. The molecular weight excluding hydrogens is 393 g/mol. The van der Waals surface area contributed by atoms with Crippen LogP contribution in [-0.2, 0) is 26.2 Å². The van der Waals surface area contributed by atoms with Crippen molar-refractivity contribution in [3.8, 4) is 0 Å². The van der Waals surface area contributed by atoms with E-state index in [-0.39, 0.29) is 6.04 Å². The lowest BCUT2D eigenvalue weighted by Crippen LogP contribution is -2.44. The minimum absolute atomic E-state index is 0.260. The molecule has 9 heteroatoms. The highest BCUT2D eigenvalue weighted by Crippen LogP contribution is 2.29. The van der Waals surface area contributed by atoms with E-state index in [0.29, 0.717) is 13.1 Å². The van der Waals surface area contributed by atoms with E-state index < -0.39 is 11.7 Å². The lowest BCUT2D eigenvalue weighted by atomic mass is 10.1. The molecule has 3 rings (SSSR count). The predicted molar refractivity (Wildman–Crippen MR) is 111 cm³/mol. The highest BCUT2D eigenvalue weighted by molar-refractivity contribution is 5.80. The van der Waals surface area contributed by atoms with E-state index in [4.69, 9.17) is 0 Å². The Morgan fingerprint density at radius 3 is 2.63 bits per heavy atom. The van der Waals surface area contributed by atoms with Gasteiger partial charge in [0, 0.05) is 52.0 Å². The number of nitrogens with one attached hydrogen (secondary N) is 2. The predicted octanol–water partition coefficient (Wildman–Crippen LogP) is 2.81. The molecule has 2 heterocycles. The molecule has 2 aromatic rings. The summed E-state index contributed by atoms with van der Waals surface area (Å²) in [7, 11) is 1.90. The molecule has 0 amide bonds. The first-order valence-corrected chi connectivity index (χ1v) is 10.2. The Hall–Kier alpha value is -2.55. The lowest BCUT2D eigenvalue weighted by molar-refractivity contribution is -0.137. The van der Waals surface area contributed by atoms with Crippen LogP contribution in [0.3, 0.4) is 0 Å². The van der Waals surface area contributed by atoms with Crippen molar-refractivity contribution >= 4 is 5.96 Å². The molecule has 1 fully saturated rings. The SMILES string of the molecule is CCNC(=NCCc1cnn(C)c1)NC1CCN(Cc2ccc(C(F)(F)F)cc2)C1. The zero-order valence-corrected chi connectivity index (χ0v) is 17.4. The molecule has 1 aliphatic rings. The lowest BCUT2D eigenvalue weighted by Gasteiger charge is -2.19. The van der Waals surface area contributed by atoms with Crippen molar-refractivity contribution in [3.63, 3.8) is 0 Å². The largest absolute Gasteiger partial charge is 0.416 e. The van der Waals surface area contributed by atoms with E-state index in [1.807, 2.05) is 26.4 Å². The first-order valence-electron chi connectivity index (χ1n) is 10.2. The summed E-state index contributed by atoms with van der Waals surface area (Å²) in [5.41, 5.74) is 1.44. The fourth-order valence-corrected chi connectivity index (χ4v) is 3.56. The van der Waals surface area contributed by atoms with E-state index >= 15 is 0 Å². The van der Waals surface area contributed by atoms with Crippen LogP contribution >= 0.6 is 0 Å². The monoisotopic (exact) mass is 422 g/mol. The Bertz CT molecular complexity index is 828. The van der Waals surface area contributed by atoms with Crippen molar-refractivity contribution < 1.29 is 13.2 Å². The highest BCUT2D eigenvalue weighted by atomic mass is 19.4. The molecule has 1 aromatic heterocycles. The second kappa shape index (κ2) is 9.97. The van der Waals surface area contributed by atoms with Gasteiger partial charge in [0.1, 0.15) is 0 Å². The van der Waals surface area contributed by atoms with Crippen molar-refractivity contribution in [2.45, 2.75) is 38.5 Å². The molecule has 1 aromatic carbocycles. The Morgan fingerprint density at radius 1 is 1.23 bits per heavy atom. The Kier molecular flexibility index (Phi) is 7.36. The second-order valence-corrected chi connectivity index (χ2v) is 7.59. The van der Waals surface area contributed by atoms with Gasteiger partial charge >= 0.3 is 6.18 Å². The zero-order chi connectivity index (χ0) is 21.6. The fourth-order valence-electron chi connectivity index (χ4n) is 3.56. The molecule has 6 nitrogen and oxygen atoms in total. The number of nitrogens with zero attached hydrogens (tertiary/aromatic N) is 4. The van der Waals surface area contributed by atoms with E-state index in [1.165, 1.54) is 0 Å². The third kappa shape index (κ3) is 6.48. The summed E-state index contributed by atoms with van der Waals surface area (Å²) >= 11 is 0. The van der Waals surface area contributed by atoms with Crippen molar-refractivity contribution in [2.24, 2.45) is 12.0 Å². The van der Waals surface area contributed by atoms with Crippen molar-refractivity contribution in [1.29, 1.82) is 0 Å². The van der Waals surface area contributed by atoms with Gasteiger partial charge in [-0.3, -0.25) is 14.6 Å². The molecule has 1 unspecified atom stereocenters. The van der Waals surface area contributed by atoms with Gasteiger partial charge in [-0.2, -0.15) is 18.3 Å². The summed E-state index contributed by atoms with van der Waals surface area (Å²) in [5.74, 6) is 0.794. The van der Waals surface area contributed by atoms with Crippen molar-refractivity contribution in [2.75, 3.05) is 26.2 Å². The van der Waals surface area contributed by atoms with Gasteiger partial charge in [0.25, 0.3) is 0 Å². The molecule has 1 aliphatic heterocycles. The number of likely N-dealkylation sites (tertiary alicyclic amines) is 1. The van der Waals surface area contributed by atoms with Gasteiger partial charge in [-0.1, -0.05) is 12.1 Å². The summed E-state index contributed by atoms with van der Waals surface area (Å²) in [6.07, 6.45) is 1.35. The van der Waals surface area contributed by atoms with Crippen molar-refractivity contribution in [1.82, 2.24) is 25.3 Å². The topological polar surface area (TPSA) is 57.5 Å². The van der Waals surface area contributed by atoms with E-state index in [1.54, 1.807) is 16.8 Å². The van der Waals surface area contributed by atoms with Crippen LogP contribution in [0.25, 0.3) is 0 Å². The molecule has 30 heavy (non-hydrogen) atoms. The van der Waals surface area contributed by atoms with E-state index in [0.717, 1.165) is 61.7 Å². The van der Waals surface area contributed by atoms with Gasteiger partial charge < -0.3 is 10.6 Å². The van der Waals surface area contributed by atoms with Gasteiger partial charge in [0.15, 0.2) is 5.96 Å². The molecule has 1 saturated heterocycles. The van der Waals surface area contributed by atoms with Crippen LogP contribution in [0.1, 0.15) is 30.0 Å². The Balaban J connectivity index is 1.48. The minimum atomic E-state index is -4.29. The Morgan fingerprint density at radius 2 is 2.00 bits per heavy atom. The maximum Gasteiger partial charge on any atom is 0.416 e. The van der Waals surface area contributed by atoms with Crippen molar-refractivity contribution in [3.05, 3.63) is 53.3 Å². The number of aliphatic imine (C=N–C) groups is 1. The molecule has 0 spiro atoms. The molecule has 0 radical (unpaired) electrons. The summed E-state index contributed by atoms with van der Waals surface area (Å²) in [5, 5.41) is 10.9. The number of benzene rings is 1. The van der Waals surface area contributed by atoms with Gasteiger partial charge in [-0.05, 0) is 43.0 Å². The smallest absolute Gasteiger partial charge is 0.357 e. The van der Waals surface area contributed by atoms with Crippen LogP contribution in [0.15, 0.2) is 41.7 Å². The van der Waals surface area contributed by atoms with Gasteiger partial charge in [-0.25, -0.2) is 0 Å². The number of hydrogen-bond donors (Lipinski definition) is 2. The van der Waals surface area contributed by atoms with Gasteiger partial charge in [0.05, 0.1) is 11.8 Å². The molecule has 0 aliphatic carbocycles. The van der Waals surface area contributed by atoms with Crippen LogP contribution in [0.5, 0.6) is 0 Å². The molecule has 0 saturated carbocycles. The second-order valence-electron chi connectivity index (χ2n) is 7.59. The molecule has 164 valence electrons. The van der Waals surface area contributed by atoms with Crippen LogP contribution in [0, 0.1) is 0 Å². The summed E-state index contributed by atoms with van der Waals surface area (Å²) in [6.45, 7) is 5.85. The summed E-state index contributed by atoms with van der Waals surface area (Å²) < 4.78 is 39.9. The fraction of sp³-hybridized carbons (Fsp3) is 0.524. The third-order valence-electron chi connectivity index (χ3n) is 5.07. The average Bonchev–Trinajstić information content (AvgIpc) is 3.30. The van der Waals surface area contributed by atoms with Crippen LogP contribution in [0.2, 0.25) is 0 Å². The number of halogens is 3. The summed E-state index contributed by atoms with van der Waals surface area (Å²) in [6, 6.07) is 5.69. The molecule has 0 bridgehead atoms. The van der Waals surface area contributed by atoms with Crippen LogP contribution in [-0.4, -0.2) is 52.9 Å². The maximum atomic E-state index is 12.7. The number of aryl methyl sites for hydroxylation is 1. The highest BCUT2D eigenvalue weighted by Gasteiger charge is 2.30. The number of guanidine groups is 1.